The van der Waals surface area contributed by atoms with Crippen LogP contribution in [0.2, 0.25) is 0 Å². The zero-order chi connectivity index (χ0) is 21.5. The van der Waals surface area contributed by atoms with Crippen molar-refractivity contribution in [3.8, 4) is 11.3 Å². The van der Waals surface area contributed by atoms with Gasteiger partial charge in [0.1, 0.15) is 6.54 Å². The smallest absolute Gasteiger partial charge is 0.435 e. The quantitative estimate of drug-likeness (QED) is 0.714. The van der Waals surface area contributed by atoms with E-state index in [1.165, 1.54) is 25.2 Å². The summed E-state index contributed by atoms with van der Waals surface area (Å²) in [5.74, 6) is -4.99. The Morgan fingerprint density at radius 3 is 2.52 bits per heavy atom. The van der Waals surface area contributed by atoms with Crippen LogP contribution in [0.1, 0.15) is 16.1 Å². The van der Waals surface area contributed by atoms with Gasteiger partial charge in [-0.3, -0.25) is 23.9 Å². The average Bonchev–Trinajstić information content (AvgIpc) is 3.01. The summed E-state index contributed by atoms with van der Waals surface area (Å²) in [6.07, 6.45) is -4.67. The number of carbonyl (C=O) groups is 4. The monoisotopic (exact) mass is 427 g/mol. The number of nitrogens with one attached hydrogen (secondary N) is 1. The van der Waals surface area contributed by atoms with E-state index < -0.39 is 47.1 Å². The second-order valence-electron chi connectivity index (χ2n) is 6.05. The molecule has 1 aliphatic rings. The first-order valence-electron chi connectivity index (χ1n) is 8.00. The summed E-state index contributed by atoms with van der Waals surface area (Å²) in [5.41, 5.74) is -0.922. The first kappa shape index (κ1) is 20.6. The van der Waals surface area contributed by atoms with Crippen LogP contribution in [0.4, 0.5) is 13.2 Å². The Labute approximate surface area is 165 Å². The summed E-state index contributed by atoms with van der Waals surface area (Å²) in [6, 6.07) is 5.00. The summed E-state index contributed by atoms with van der Waals surface area (Å²) in [7, 11) is 1.29. The number of halogens is 3. The van der Waals surface area contributed by atoms with Gasteiger partial charge in [0.05, 0.1) is 5.69 Å². The number of hydrogen-bond acceptors (Lipinski definition) is 6. The lowest BCUT2D eigenvalue weighted by Gasteiger charge is -2.22. The standard InChI is InChI=1S/C17H12F3N3O5S/c1-23-9(5-10(22-23)17(18,19)20)7-3-2-4-8-13(26)12(16(28)29-14(7)8)15(27)21-6-11(24)25/h2-5,12H,6H2,1H3,(H,21,27)(H,24,25). The molecular weight excluding hydrogens is 415 g/mol. The first-order valence-corrected chi connectivity index (χ1v) is 8.82. The molecule has 1 aliphatic heterocycles. The Kier molecular flexibility index (Phi) is 5.22. The van der Waals surface area contributed by atoms with E-state index in [4.69, 9.17) is 5.11 Å². The molecule has 2 aromatic rings. The Morgan fingerprint density at radius 1 is 1.28 bits per heavy atom. The zero-order valence-corrected chi connectivity index (χ0v) is 15.4. The number of aliphatic carboxylic acids is 1. The van der Waals surface area contributed by atoms with Crippen LogP contribution in [0, 0.1) is 5.92 Å². The Hall–Kier alpha value is -3.15. The molecule has 0 aliphatic carbocycles. The van der Waals surface area contributed by atoms with Crippen LogP contribution in [0.3, 0.4) is 0 Å². The number of alkyl halides is 3. The highest BCUT2D eigenvalue weighted by atomic mass is 32.2. The molecule has 0 saturated heterocycles. The molecule has 2 heterocycles. The van der Waals surface area contributed by atoms with Crippen molar-refractivity contribution in [1.29, 1.82) is 0 Å². The number of thioether (sulfide) groups is 1. The van der Waals surface area contributed by atoms with Crippen LogP contribution in [0.5, 0.6) is 0 Å². The Morgan fingerprint density at radius 2 is 1.93 bits per heavy atom. The van der Waals surface area contributed by atoms with E-state index in [0.29, 0.717) is 11.8 Å². The number of aryl methyl sites for hydroxylation is 1. The summed E-state index contributed by atoms with van der Waals surface area (Å²) >= 11 is 0.543. The number of fused-ring (bicyclic) bond motifs is 1. The zero-order valence-electron chi connectivity index (χ0n) is 14.6. The van der Waals surface area contributed by atoms with Gasteiger partial charge in [0, 0.05) is 23.1 Å². The van der Waals surface area contributed by atoms with Crippen LogP contribution < -0.4 is 5.32 Å². The highest BCUT2D eigenvalue weighted by molar-refractivity contribution is 8.14. The molecule has 0 radical (unpaired) electrons. The molecule has 0 fully saturated rings. The van der Waals surface area contributed by atoms with Gasteiger partial charge in [-0.05, 0) is 17.8 Å². The van der Waals surface area contributed by atoms with Crippen molar-refractivity contribution in [2.24, 2.45) is 13.0 Å². The fraction of sp³-hybridized carbons (Fsp3) is 0.235. The number of rotatable bonds is 4. The molecule has 3 rings (SSSR count). The maximum atomic E-state index is 13.0. The molecule has 2 N–H and O–H groups in total. The summed E-state index contributed by atoms with van der Waals surface area (Å²) in [4.78, 5) is 47.9. The highest BCUT2D eigenvalue weighted by Gasteiger charge is 2.42. The number of carboxylic acid groups (broad SMARTS) is 1. The van der Waals surface area contributed by atoms with E-state index in [-0.39, 0.29) is 21.7 Å². The Bertz CT molecular complexity index is 1050. The minimum Gasteiger partial charge on any atom is -0.480 e. The van der Waals surface area contributed by atoms with E-state index in [9.17, 15) is 32.3 Å². The van der Waals surface area contributed by atoms with Crippen molar-refractivity contribution in [1.82, 2.24) is 15.1 Å². The van der Waals surface area contributed by atoms with Gasteiger partial charge >= 0.3 is 12.1 Å². The Balaban J connectivity index is 2.02. The maximum absolute atomic E-state index is 13.0. The van der Waals surface area contributed by atoms with Crippen molar-refractivity contribution in [3.05, 3.63) is 35.5 Å². The SMILES string of the molecule is Cn1nc(C(F)(F)F)cc1-c1cccc2c1SC(=O)C(C(=O)NCC(=O)O)C2=O. The van der Waals surface area contributed by atoms with Gasteiger partial charge in [-0.1, -0.05) is 18.2 Å². The number of hydrogen-bond donors (Lipinski definition) is 2. The minimum atomic E-state index is -4.67. The molecule has 0 bridgehead atoms. The van der Waals surface area contributed by atoms with Gasteiger partial charge in [-0.25, -0.2) is 0 Å². The predicted molar refractivity (Wildman–Crippen MR) is 93.0 cm³/mol. The van der Waals surface area contributed by atoms with Crippen LogP contribution in [0.25, 0.3) is 11.3 Å². The van der Waals surface area contributed by atoms with Crippen molar-refractivity contribution in [2.45, 2.75) is 11.1 Å². The van der Waals surface area contributed by atoms with Crippen molar-refractivity contribution in [3.63, 3.8) is 0 Å². The van der Waals surface area contributed by atoms with Gasteiger partial charge in [0.25, 0.3) is 0 Å². The molecule has 1 atom stereocenters. The topological polar surface area (TPSA) is 118 Å². The molecule has 0 spiro atoms. The minimum absolute atomic E-state index is 0.0164. The molecule has 1 amide bonds. The largest absolute Gasteiger partial charge is 0.480 e. The molecular formula is C17H12F3N3O5S. The van der Waals surface area contributed by atoms with E-state index in [0.717, 1.165) is 10.7 Å². The van der Waals surface area contributed by atoms with Gasteiger partial charge in [0.2, 0.25) is 11.0 Å². The summed E-state index contributed by atoms with van der Waals surface area (Å²) < 4.78 is 39.8. The van der Waals surface area contributed by atoms with Gasteiger partial charge in [0.15, 0.2) is 17.4 Å². The van der Waals surface area contributed by atoms with Gasteiger partial charge in [-0.2, -0.15) is 18.3 Å². The third kappa shape index (κ3) is 3.88. The number of Topliss-reactive ketones (excluding diaryl/α,β-unsaturated/α-hetero) is 1. The fourth-order valence-electron chi connectivity index (χ4n) is 2.81. The number of amides is 1. The van der Waals surface area contributed by atoms with Gasteiger partial charge in [-0.15, -0.1) is 0 Å². The second-order valence-corrected chi connectivity index (χ2v) is 7.06. The van der Waals surface area contributed by atoms with Crippen LogP contribution >= 0.6 is 11.8 Å². The lowest BCUT2D eigenvalue weighted by atomic mass is 9.95. The molecule has 1 unspecified atom stereocenters. The normalized spacial score (nSPS) is 16.5. The molecule has 1 aromatic carbocycles. The number of aromatic nitrogens is 2. The number of carbonyl (C=O) groups excluding carboxylic acids is 3. The van der Waals surface area contributed by atoms with Crippen molar-refractivity contribution < 1.29 is 37.5 Å². The molecule has 29 heavy (non-hydrogen) atoms. The van der Waals surface area contributed by atoms with E-state index in [2.05, 4.69) is 5.10 Å². The van der Waals surface area contributed by atoms with Crippen LogP contribution in [-0.4, -0.2) is 44.2 Å². The fourth-order valence-corrected chi connectivity index (χ4v) is 3.91. The lowest BCUT2D eigenvalue weighted by Crippen LogP contribution is -2.43. The highest BCUT2D eigenvalue weighted by Crippen LogP contribution is 2.42. The molecule has 12 heteroatoms. The number of benzene rings is 1. The van der Waals surface area contributed by atoms with Crippen molar-refractivity contribution >= 4 is 34.5 Å². The number of ketones is 1. The molecule has 1 aromatic heterocycles. The second kappa shape index (κ2) is 7.35. The van der Waals surface area contributed by atoms with E-state index >= 15 is 0 Å². The lowest BCUT2D eigenvalue weighted by molar-refractivity contribution is -0.141. The number of nitrogens with zero attached hydrogens (tertiary/aromatic N) is 2. The summed E-state index contributed by atoms with van der Waals surface area (Å²) in [5, 5.41) is 13.2. The molecule has 152 valence electrons. The first-order chi connectivity index (χ1) is 13.5. The average molecular weight is 427 g/mol. The van der Waals surface area contributed by atoms with Gasteiger partial charge < -0.3 is 10.4 Å². The number of carboxylic acids is 1. The third-order valence-electron chi connectivity index (χ3n) is 4.10. The molecule has 0 saturated carbocycles. The third-order valence-corrected chi connectivity index (χ3v) is 5.18. The van der Waals surface area contributed by atoms with E-state index in [1.54, 1.807) is 0 Å². The predicted octanol–water partition coefficient (Wildman–Crippen LogP) is 1.74. The molecule has 8 nitrogen and oxygen atoms in total. The summed E-state index contributed by atoms with van der Waals surface area (Å²) in [6.45, 7) is -0.761. The van der Waals surface area contributed by atoms with Crippen LogP contribution in [0.15, 0.2) is 29.2 Å². The van der Waals surface area contributed by atoms with E-state index in [1.807, 2.05) is 5.32 Å². The van der Waals surface area contributed by atoms with Crippen molar-refractivity contribution in [2.75, 3.05) is 6.54 Å². The van der Waals surface area contributed by atoms with Crippen LogP contribution in [-0.2, 0) is 27.6 Å². The maximum Gasteiger partial charge on any atom is 0.435 e.